The van der Waals surface area contributed by atoms with Gasteiger partial charge in [-0.1, -0.05) is 0 Å². The Morgan fingerprint density at radius 3 is 2.72 bits per heavy atom. The van der Waals surface area contributed by atoms with Crippen LogP contribution in [0.5, 0.6) is 5.75 Å². The number of nitrogens with two attached hydrogens (primary N) is 1. The third-order valence-corrected chi connectivity index (χ3v) is 5.05. The zero-order valence-corrected chi connectivity index (χ0v) is 16.1. The highest BCUT2D eigenvalue weighted by Gasteiger charge is 2.11. The molecule has 1 aromatic carbocycles. The maximum atomic E-state index is 12.3. The summed E-state index contributed by atoms with van der Waals surface area (Å²) >= 11 is 0. The van der Waals surface area contributed by atoms with Crippen molar-refractivity contribution < 1.29 is 14.3 Å². The Morgan fingerprint density at radius 1 is 1.14 bits per heavy atom. The van der Waals surface area contributed by atoms with Crippen LogP contribution in [0.15, 0.2) is 41.2 Å². The normalized spacial score (nSPS) is 14.9. The Bertz CT molecular complexity index is 1070. The number of benzene rings is 1. The number of ether oxygens (including phenoxy) is 2. The van der Waals surface area contributed by atoms with Gasteiger partial charge in [0.25, 0.3) is 11.5 Å². The van der Waals surface area contributed by atoms with Crippen LogP contribution in [0.2, 0.25) is 0 Å². The monoisotopic (exact) mass is 396 g/mol. The molecule has 1 saturated heterocycles. The second-order valence-corrected chi connectivity index (χ2v) is 7.07. The molecule has 29 heavy (non-hydrogen) atoms. The number of aromatic amines is 2. The summed E-state index contributed by atoms with van der Waals surface area (Å²) in [5.41, 5.74) is 6.93. The summed E-state index contributed by atoms with van der Waals surface area (Å²) in [5, 5.41) is 0.948. The summed E-state index contributed by atoms with van der Waals surface area (Å²) in [5.74, 6) is 0.128. The second kappa shape index (κ2) is 8.50. The van der Waals surface area contributed by atoms with Crippen LogP contribution in [-0.4, -0.2) is 60.2 Å². The second-order valence-electron chi connectivity index (χ2n) is 7.07. The first-order valence-corrected chi connectivity index (χ1v) is 9.69. The Kier molecular flexibility index (Phi) is 5.64. The van der Waals surface area contributed by atoms with Gasteiger partial charge in [0, 0.05) is 30.5 Å². The summed E-state index contributed by atoms with van der Waals surface area (Å²) in [6, 6.07) is 10.8. The minimum Gasteiger partial charge on any atom is -0.494 e. The summed E-state index contributed by atoms with van der Waals surface area (Å²) in [7, 11) is 0. The predicted molar refractivity (Wildman–Crippen MR) is 110 cm³/mol. The topological polar surface area (TPSA) is 113 Å². The smallest absolute Gasteiger partial charge is 0.265 e. The number of morpholine rings is 1. The molecule has 1 fully saturated rings. The molecule has 3 heterocycles. The summed E-state index contributed by atoms with van der Waals surface area (Å²) < 4.78 is 11.3. The van der Waals surface area contributed by atoms with E-state index in [2.05, 4.69) is 14.9 Å². The largest absolute Gasteiger partial charge is 0.494 e. The van der Waals surface area contributed by atoms with Crippen LogP contribution < -0.4 is 16.0 Å². The van der Waals surface area contributed by atoms with Gasteiger partial charge in [-0.3, -0.25) is 14.5 Å². The molecule has 0 spiro atoms. The molecule has 0 unspecified atom stereocenters. The number of amides is 1. The maximum absolute atomic E-state index is 12.3. The summed E-state index contributed by atoms with van der Waals surface area (Å²) in [6.07, 6.45) is 0.956. The van der Waals surface area contributed by atoms with E-state index in [1.54, 1.807) is 6.07 Å². The van der Waals surface area contributed by atoms with E-state index in [-0.39, 0.29) is 11.3 Å². The number of pyridine rings is 1. The lowest BCUT2D eigenvalue weighted by Gasteiger charge is -2.26. The van der Waals surface area contributed by atoms with Crippen LogP contribution in [-0.2, 0) is 4.74 Å². The quantitative estimate of drug-likeness (QED) is 0.526. The first-order chi connectivity index (χ1) is 14.1. The standard InChI is InChI=1S/C21H24N4O4/c22-20(26)18-5-3-16(21(27)24-18)19-13-14-12-15(2-4-17(14)23-19)29-9-1-6-25-7-10-28-11-8-25/h2-5,12-13,23H,1,6-11H2,(H2,22,26)(H,24,27). The molecule has 0 saturated carbocycles. The van der Waals surface area contributed by atoms with Crippen LogP contribution in [0.4, 0.5) is 0 Å². The van der Waals surface area contributed by atoms with Crippen LogP contribution in [0, 0.1) is 0 Å². The van der Waals surface area contributed by atoms with E-state index in [0.29, 0.717) is 17.9 Å². The average Bonchev–Trinajstić information content (AvgIpc) is 3.15. The molecule has 4 rings (SSSR count). The van der Waals surface area contributed by atoms with Gasteiger partial charge in [-0.2, -0.15) is 0 Å². The number of aromatic nitrogens is 2. The number of carbonyl (C=O) groups is 1. The molecule has 0 atom stereocenters. The predicted octanol–water partition coefficient (Wildman–Crippen LogP) is 1.72. The molecule has 8 heteroatoms. The van der Waals surface area contributed by atoms with Crippen molar-refractivity contribution >= 4 is 16.8 Å². The lowest BCUT2D eigenvalue weighted by Crippen LogP contribution is -2.37. The van der Waals surface area contributed by atoms with Gasteiger partial charge in [0.05, 0.1) is 31.1 Å². The number of hydrogen-bond donors (Lipinski definition) is 3. The third-order valence-electron chi connectivity index (χ3n) is 5.05. The van der Waals surface area contributed by atoms with Gasteiger partial charge in [-0.05, 0) is 42.8 Å². The Labute approximate surface area is 167 Å². The van der Waals surface area contributed by atoms with Gasteiger partial charge in [0.2, 0.25) is 0 Å². The zero-order valence-electron chi connectivity index (χ0n) is 16.1. The molecule has 152 valence electrons. The van der Waals surface area contributed by atoms with E-state index in [9.17, 15) is 9.59 Å². The van der Waals surface area contributed by atoms with Crippen molar-refractivity contribution in [2.45, 2.75) is 6.42 Å². The minimum atomic E-state index is -0.666. The molecule has 1 aliphatic heterocycles. The highest BCUT2D eigenvalue weighted by atomic mass is 16.5. The van der Waals surface area contributed by atoms with Gasteiger partial charge in [-0.25, -0.2) is 0 Å². The molecule has 1 aliphatic rings. The summed E-state index contributed by atoms with van der Waals surface area (Å²) in [6.45, 7) is 5.23. The lowest BCUT2D eigenvalue weighted by molar-refractivity contribution is 0.0358. The molecule has 3 aromatic rings. The van der Waals surface area contributed by atoms with Crippen LogP contribution in [0.25, 0.3) is 22.2 Å². The van der Waals surface area contributed by atoms with Crippen molar-refractivity contribution in [3.8, 4) is 17.0 Å². The van der Waals surface area contributed by atoms with E-state index in [1.165, 1.54) is 6.07 Å². The first-order valence-electron chi connectivity index (χ1n) is 9.69. The number of hydrogen-bond acceptors (Lipinski definition) is 5. The van der Waals surface area contributed by atoms with Crippen LogP contribution in [0.3, 0.4) is 0 Å². The number of carbonyl (C=O) groups excluding carboxylic acids is 1. The van der Waals surface area contributed by atoms with Gasteiger partial charge in [-0.15, -0.1) is 0 Å². The van der Waals surface area contributed by atoms with E-state index < -0.39 is 5.91 Å². The first kappa shape index (κ1) is 19.2. The van der Waals surface area contributed by atoms with Crippen molar-refractivity contribution in [3.05, 3.63) is 52.4 Å². The molecular formula is C21H24N4O4. The third kappa shape index (κ3) is 4.49. The minimum absolute atomic E-state index is 0.0858. The van der Waals surface area contributed by atoms with Crippen molar-refractivity contribution in [1.29, 1.82) is 0 Å². The summed E-state index contributed by atoms with van der Waals surface area (Å²) in [4.78, 5) is 31.6. The Hall–Kier alpha value is -3.10. The number of H-pyrrole nitrogens is 2. The molecule has 2 aromatic heterocycles. The van der Waals surface area contributed by atoms with Gasteiger partial charge >= 0.3 is 0 Å². The van der Waals surface area contributed by atoms with Gasteiger partial charge in [0.15, 0.2) is 0 Å². The molecule has 0 bridgehead atoms. The maximum Gasteiger partial charge on any atom is 0.265 e. The average molecular weight is 396 g/mol. The molecule has 4 N–H and O–H groups in total. The molecule has 0 radical (unpaired) electrons. The van der Waals surface area contributed by atoms with Gasteiger partial charge in [0.1, 0.15) is 11.4 Å². The number of rotatable bonds is 7. The van der Waals surface area contributed by atoms with Crippen molar-refractivity contribution in [2.75, 3.05) is 39.5 Å². The van der Waals surface area contributed by atoms with Crippen LogP contribution in [0.1, 0.15) is 16.9 Å². The number of nitrogens with zero attached hydrogens (tertiary/aromatic N) is 1. The molecule has 8 nitrogen and oxygen atoms in total. The van der Waals surface area contributed by atoms with Crippen molar-refractivity contribution in [1.82, 2.24) is 14.9 Å². The number of nitrogens with one attached hydrogen (secondary N) is 2. The fraction of sp³-hybridized carbons (Fsp3) is 0.333. The zero-order chi connectivity index (χ0) is 20.2. The highest BCUT2D eigenvalue weighted by Crippen LogP contribution is 2.25. The van der Waals surface area contributed by atoms with E-state index >= 15 is 0 Å². The highest BCUT2D eigenvalue weighted by molar-refractivity contribution is 5.91. The number of fused-ring (bicyclic) bond motifs is 1. The molecule has 1 amide bonds. The fourth-order valence-electron chi connectivity index (χ4n) is 3.48. The van der Waals surface area contributed by atoms with Crippen molar-refractivity contribution in [2.24, 2.45) is 5.73 Å². The molecular weight excluding hydrogens is 372 g/mol. The van der Waals surface area contributed by atoms with Gasteiger partial charge < -0.3 is 25.2 Å². The van der Waals surface area contributed by atoms with E-state index in [1.807, 2.05) is 24.3 Å². The fourth-order valence-corrected chi connectivity index (χ4v) is 3.48. The lowest BCUT2D eigenvalue weighted by atomic mass is 10.1. The van der Waals surface area contributed by atoms with E-state index in [0.717, 1.165) is 55.9 Å². The SMILES string of the molecule is NC(=O)c1ccc(-c2cc3cc(OCCCN4CCOCC4)ccc3[nH]2)c(=O)[nH]1. The number of primary amides is 1. The van der Waals surface area contributed by atoms with Crippen LogP contribution >= 0.6 is 0 Å². The Balaban J connectivity index is 1.42. The van der Waals surface area contributed by atoms with E-state index in [4.69, 9.17) is 15.2 Å². The van der Waals surface area contributed by atoms with Crippen molar-refractivity contribution in [3.63, 3.8) is 0 Å². The Morgan fingerprint density at radius 2 is 1.97 bits per heavy atom. The molecule has 0 aliphatic carbocycles.